The number of nitrogens with zero attached hydrogens (tertiary/aromatic N) is 1. The molecule has 5 nitrogen and oxygen atoms in total. The van der Waals surface area contributed by atoms with Gasteiger partial charge in [0.05, 0.1) is 5.41 Å². The standard InChI is InChI=1S/C15H28N2O3/c1-6-12(10(2)3)16-14(20)17-8-7-15(9-17,11(4)5)13(18)19/h10-12H,6-9H2,1-5H3,(H,16,20)(H,18,19). The topological polar surface area (TPSA) is 69.6 Å². The first-order valence-electron chi connectivity index (χ1n) is 7.53. The van der Waals surface area contributed by atoms with Crippen LogP contribution in [0.1, 0.15) is 47.5 Å². The number of hydrogen-bond acceptors (Lipinski definition) is 2. The van der Waals surface area contributed by atoms with Crippen LogP contribution in [-0.2, 0) is 4.79 Å². The zero-order valence-electron chi connectivity index (χ0n) is 13.3. The minimum absolute atomic E-state index is 0.0184. The number of carbonyl (C=O) groups is 2. The Balaban J connectivity index is 2.72. The molecule has 1 aliphatic rings. The molecule has 2 amide bonds. The largest absolute Gasteiger partial charge is 0.481 e. The number of rotatable bonds is 5. The number of nitrogens with one attached hydrogen (secondary N) is 1. The summed E-state index contributed by atoms with van der Waals surface area (Å²) >= 11 is 0. The number of urea groups is 1. The second-order valence-electron chi connectivity index (χ2n) is 6.50. The Morgan fingerprint density at radius 3 is 2.25 bits per heavy atom. The van der Waals surface area contributed by atoms with E-state index in [1.54, 1.807) is 4.90 Å². The fraction of sp³-hybridized carbons (Fsp3) is 0.867. The summed E-state index contributed by atoms with van der Waals surface area (Å²) < 4.78 is 0. The molecule has 116 valence electrons. The molecule has 2 unspecified atom stereocenters. The van der Waals surface area contributed by atoms with E-state index in [0.717, 1.165) is 6.42 Å². The summed E-state index contributed by atoms with van der Waals surface area (Å²) in [5, 5.41) is 12.5. The van der Waals surface area contributed by atoms with Crippen LogP contribution in [0.4, 0.5) is 4.79 Å². The Morgan fingerprint density at radius 2 is 1.90 bits per heavy atom. The summed E-state index contributed by atoms with van der Waals surface area (Å²) in [7, 11) is 0. The van der Waals surface area contributed by atoms with Gasteiger partial charge in [-0.15, -0.1) is 0 Å². The summed E-state index contributed by atoms with van der Waals surface area (Å²) in [6.45, 7) is 10.9. The second-order valence-corrected chi connectivity index (χ2v) is 6.50. The number of amides is 2. The molecule has 2 N–H and O–H groups in total. The van der Waals surface area contributed by atoms with E-state index in [1.807, 2.05) is 20.8 Å². The van der Waals surface area contributed by atoms with E-state index >= 15 is 0 Å². The van der Waals surface area contributed by atoms with Crippen molar-refractivity contribution in [1.29, 1.82) is 0 Å². The van der Waals surface area contributed by atoms with Crippen molar-refractivity contribution < 1.29 is 14.7 Å². The first-order chi connectivity index (χ1) is 9.24. The fourth-order valence-electron chi connectivity index (χ4n) is 2.89. The first-order valence-corrected chi connectivity index (χ1v) is 7.53. The third-order valence-electron chi connectivity index (χ3n) is 4.67. The summed E-state index contributed by atoms with van der Waals surface area (Å²) in [5.74, 6) is -0.399. The molecule has 0 aliphatic carbocycles. The minimum atomic E-state index is -0.795. The molecule has 20 heavy (non-hydrogen) atoms. The number of carboxylic acids is 1. The lowest BCUT2D eigenvalue weighted by Gasteiger charge is -2.29. The highest BCUT2D eigenvalue weighted by Crippen LogP contribution is 2.38. The molecular weight excluding hydrogens is 256 g/mol. The van der Waals surface area contributed by atoms with Gasteiger partial charge in [-0.25, -0.2) is 4.79 Å². The molecule has 1 saturated heterocycles. The van der Waals surface area contributed by atoms with Crippen molar-refractivity contribution in [1.82, 2.24) is 10.2 Å². The van der Waals surface area contributed by atoms with Crippen LogP contribution in [-0.4, -0.2) is 41.1 Å². The predicted octanol–water partition coefficient (Wildman–Crippen LogP) is 2.56. The number of aliphatic carboxylic acids is 1. The van der Waals surface area contributed by atoms with E-state index in [2.05, 4.69) is 19.2 Å². The van der Waals surface area contributed by atoms with Crippen molar-refractivity contribution in [2.45, 2.75) is 53.5 Å². The van der Waals surface area contributed by atoms with Gasteiger partial charge in [-0.1, -0.05) is 34.6 Å². The van der Waals surface area contributed by atoms with E-state index in [0.29, 0.717) is 25.4 Å². The Morgan fingerprint density at radius 1 is 1.30 bits per heavy atom. The van der Waals surface area contributed by atoms with Gasteiger partial charge < -0.3 is 15.3 Å². The molecule has 1 aliphatic heterocycles. The highest BCUT2D eigenvalue weighted by molar-refractivity contribution is 5.80. The molecule has 2 atom stereocenters. The van der Waals surface area contributed by atoms with Gasteiger partial charge in [0.25, 0.3) is 0 Å². The van der Waals surface area contributed by atoms with E-state index in [1.165, 1.54) is 0 Å². The zero-order valence-corrected chi connectivity index (χ0v) is 13.3. The van der Waals surface area contributed by atoms with Crippen LogP contribution in [0.5, 0.6) is 0 Å². The molecule has 0 radical (unpaired) electrons. The van der Waals surface area contributed by atoms with E-state index in [4.69, 9.17) is 0 Å². The third-order valence-corrected chi connectivity index (χ3v) is 4.67. The highest BCUT2D eigenvalue weighted by Gasteiger charge is 2.48. The lowest BCUT2D eigenvalue weighted by molar-refractivity contribution is -0.150. The van der Waals surface area contributed by atoms with Crippen LogP contribution in [0.3, 0.4) is 0 Å². The molecule has 0 saturated carbocycles. The molecule has 0 spiro atoms. The van der Waals surface area contributed by atoms with Crippen molar-refractivity contribution in [2.24, 2.45) is 17.3 Å². The van der Waals surface area contributed by atoms with Crippen LogP contribution in [0.2, 0.25) is 0 Å². The number of hydrogen-bond donors (Lipinski definition) is 2. The zero-order chi connectivity index (χ0) is 15.5. The van der Waals surface area contributed by atoms with Gasteiger partial charge in [0, 0.05) is 19.1 Å². The maximum absolute atomic E-state index is 12.3. The second kappa shape index (κ2) is 6.46. The third kappa shape index (κ3) is 3.25. The van der Waals surface area contributed by atoms with E-state index in [-0.39, 0.29) is 18.0 Å². The van der Waals surface area contributed by atoms with Crippen LogP contribution in [0.15, 0.2) is 0 Å². The Labute approximate surface area is 121 Å². The summed E-state index contributed by atoms with van der Waals surface area (Å²) in [6.07, 6.45) is 1.41. The Kier molecular flexibility index (Phi) is 5.42. The lowest BCUT2D eigenvalue weighted by Crippen LogP contribution is -2.47. The Bertz CT molecular complexity index is 368. The van der Waals surface area contributed by atoms with Gasteiger partial charge >= 0.3 is 12.0 Å². The normalized spacial score (nSPS) is 24.2. The maximum atomic E-state index is 12.3. The van der Waals surface area contributed by atoms with Gasteiger partial charge in [-0.05, 0) is 24.7 Å². The van der Waals surface area contributed by atoms with Gasteiger partial charge in [0.2, 0.25) is 0 Å². The molecule has 1 fully saturated rings. The van der Waals surface area contributed by atoms with Gasteiger partial charge in [-0.3, -0.25) is 4.79 Å². The van der Waals surface area contributed by atoms with Gasteiger partial charge in [0.15, 0.2) is 0 Å². The molecular formula is C15H28N2O3. The summed E-state index contributed by atoms with van der Waals surface area (Å²) in [5.41, 5.74) is -0.795. The SMILES string of the molecule is CCC(NC(=O)N1CCC(C(=O)O)(C(C)C)C1)C(C)C. The van der Waals surface area contributed by atoms with E-state index < -0.39 is 11.4 Å². The molecule has 0 aromatic rings. The van der Waals surface area contributed by atoms with Crippen molar-refractivity contribution in [3.05, 3.63) is 0 Å². The van der Waals surface area contributed by atoms with Crippen molar-refractivity contribution in [3.8, 4) is 0 Å². The smallest absolute Gasteiger partial charge is 0.317 e. The van der Waals surface area contributed by atoms with E-state index in [9.17, 15) is 14.7 Å². The summed E-state index contributed by atoms with van der Waals surface area (Å²) in [4.78, 5) is 25.5. The highest BCUT2D eigenvalue weighted by atomic mass is 16.4. The number of carbonyl (C=O) groups excluding carboxylic acids is 1. The lowest BCUT2D eigenvalue weighted by atomic mass is 9.76. The quantitative estimate of drug-likeness (QED) is 0.815. The van der Waals surface area contributed by atoms with Crippen molar-refractivity contribution >= 4 is 12.0 Å². The maximum Gasteiger partial charge on any atom is 0.317 e. The molecule has 1 heterocycles. The van der Waals surface area contributed by atoms with Crippen molar-refractivity contribution in [3.63, 3.8) is 0 Å². The molecule has 0 aromatic heterocycles. The van der Waals surface area contributed by atoms with Crippen LogP contribution < -0.4 is 5.32 Å². The average molecular weight is 284 g/mol. The predicted molar refractivity (Wildman–Crippen MR) is 78.5 cm³/mol. The summed E-state index contributed by atoms with van der Waals surface area (Å²) in [6, 6.07) is 0.00991. The Hall–Kier alpha value is -1.26. The monoisotopic (exact) mass is 284 g/mol. The fourth-order valence-corrected chi connectivity index (χ4v) is 2.89. The molecule has 0 aromatic carbocycles. The number of likely N-dealkylation sites (tertiary alicyclic amines) is 1. The van der Waals surface area contributed by atoms with Crippen LogP contribution >= 0.6 is 0 Å². The molecule has 5 heteroatoms. The average Bonchev–Trinajstić information content (AvgIpc) is 2.81. The van der Waals surface area contributed by atoms with Crippen molar-refractivity contribution in [2.75, 3.05) is 13.1 Å². The molecule has 1 rings (SSSR count). The van der Waals surface area contributed by atoms with Crippen LogP contribution in [0, 0.1) is 17.3 Å². The van der Waals surface area contributed by atoms with Crippen LogP contribution in [0.25, 0.3) is 0 Å². The minimum Gasteiger partial charge on any atom is -0.481 e. The number of carboxylic acid groups (broad SMARTS) is 1. The molecule has 0 bridgehead atoms. The van der Waals surface area contributed by atoms with Gasteiger partial charge in [-0.2, -0.15) is 0 Å². The van der Waals surface area contributed by atoms with Gasteiger partial charge in [0.1, 0.15) is 0 Å². The first kappa shape index (κ1) is 16.8.